The summed E-state index contributed by atoms with van der Waals surface area (Å²) >= 11 is 0. The van der Waals surface area contributed by atoms with Crippen molar-refractivity contribution in [2.75, 3.05) is 0 Å². The lowest BCUT2D eigenvalue weighted by Crippen LogP contribution is -2.25. The third-order valence-electron chi connectivity index (χ3n) is 20.1. The van der Waals surface area contributed by atoms with Crippen molar-refractivity contribution in [3.63, 3.8) is 0 Å². The zero-order valence-corrected chi connectivity index (χ0v) is 44.3. The maximum atomic E-state index is 3.87. The van der Waals surface area contributed by atoms with Crippen molar-refractivity contribution in [1.29, 1.82) is 0 Å². The van der Waals surface area contributed by atoms with E-state index in [9.17, 15) is 0 Å². The number of rotatable bonds is 9. The summed E-state index contributed by atoms with van der Waals surface area (Å²) in [5.74, 6) is 16.4. The molecule has 0 aliphatic heterocycles. The van der Waals surface area contributed by atoms with E-state index in [1.165, 1.54) is 186 Å². The van der Waals surface area contributed by atoms with Gasteiger partial charge in [-0.05, 0) is 276 Å². The summed E-state index contributed by atoms with van der Waals surface area (Å²) in [6, 6.07) is 0. The van der Waals surface area contributed by atoms with Gasteiger partial charge in [0.1, 0.15) is 0 Å². The Hall–Kier alpha value is -1.04. The first-order chi connectivity index (χ1) is 31.2. The lowest BCUT2D eigenvalue weighted by atomic mass is 9.69. The number of hydrogen-bond acceptors (Lipinski definition) is 0. The van der Waals surface area contributed by atoms with Crippen molar-refractivity contribution in [1.82, 2.24) is 0 Å². The molecule has 8 aliphatic carbocycles. The van der Waals surface area contributed by atoms with Gasteiger partial charge < -0.3 is 0 Å². The van der Waals surface area contributed by atoms with E-state index in [2.05, 4.69) is 97.6 Å². The van der Waals surface area contributed by atoms with Gasteiger partial charge in [0.2, 0.25) is 0 Å². The van der Waals surface area contributed by atoms with Gasteiger partial charge in [0.05, 0.1) is 0 Å². The Kier molecular flexibility index (Phi) is 25.6. The summed E-state index contributed by atoms with van der Waals surface area (Å²) in [5.41, 5.74) is 0. The Morgan fingerprint density at radius 3 is 0.672 bits per heavy atom. The van der Waals surface area contributed by atoms with Gasteiger partial charge in [0.15, 0.2) is 0 Å². The highest BCUT2D eigenvalue weighted by atomic mass is 14.4. The van der Waals surface area contributed by atoms with Gasteiger partial charge in [-0.2, -0.15) is 0 Å². The van der Waals surface area contributed by atoms with Gasteiger partial charge in [-0.1, -0.05) is 122 Å². The second kappa shape index (κ2) is 30.4. The molecular formula is C64H128. The molecule has 0 bridgehead atoms. The monoisotopic (exact) mass is 897 g/mol. The fraction of sp³-hybridized carbons (Fsp3) is 0.875. The minimum Gasteiger partial charge on any atom is -0.103 e. The molecule has 8 aliphatic rings. The van der Waals surface area contributed by atoms with Crippen molar-refractivity contribution >= 4 is 0 Å². The molecule has 0 N–H and O–H groups in total. The van der Waals surface area contributed by atoms with Crippen LogP contribution in [-0.2, 0) is 0 Å². The molecule has 0 unspecified atom stereocenters. The first-order valence-corrected chi connectivity index (χ1v) is 29.7. The average Bonchev–Trinajstić information content (AvgIpc) is 3.32. The second-order valence-electron chi connectivity index (χ2n) is 25.0. The van der Waals surface area contributed by atoms with Gasteiger partial charge in [-0.15, -0.1) is 6.58 Å². The maximum absolute atomic E-state index is 3.87. The fourth-order valence-corrected chi connectivity index (χ4v) is 15.4. The van der Waals surface area contributed by atoms with Crippen LogP contribution >= 0.6 is 0 Å². The van der Waals surface area contributed by atoms with Gasteiger partial charge in [0.25, 0.3) is 0 Å². The number of hydrogen-bond donors (Lipinski definition) is 0. The second-order valence-corrected chi connectivity index (χ2v) is 25.0. The quantitative estimate of drug-likeness (QED) is 0.202. The Morgan fingerprint density at radius 1 is 0.297 bits per heavy atom. The van der Waals surface area contributed by atoms with Crippen LogP contribution in [0.1, 0.15) is 272 Å². The van der Waals surface area contributed by atoms with Crippen molar-refractivity contribution in [2.24, 2.45) is 94.7 Å². The van der Waals surface area contributed by atoms with E-state index in [0.29, 0.717) is 0 Å². The summed E-state index contributed by atoms with van der Waals surface area (Å²) in [6.45, 7) is 20.1. The van der Waals surface area contributed by atoms with Crippen LogP contribution in [0.25, 0.3) is 0 Å². The standard InChI is InChI=1S/C18H30.2C16H28.C14H26.8H2/c1-3-5-15-7-11-17(12-8-15)18-13-9-16(6-4-2)10-14-18;2*1-3-4-14-7-11-16(12-8-14)15-9-5-13(2)6-10-15;1-11-3-7-13(8-4-11)14-9-5-12(2)6-10-14;;;;;;;;/h3-6,15-18H,7-14H2,1-2H3;3-4,13-16H,5-12H2,1-2H3;3,13-16H,1,4-12H2,2H3;11-14H,3-10H2,1-2H3;8*1H/b5-3+,6-4+;4-3+;;;;;;;;;;. The van der Waals surface area contributed by atoms with Gasteiger partial charge in [0, 0.05) is 11.4 Å². The van der Waals surface area contributed by atoms with E-state index in [1.54, 1.807) is 25.7 Å². The third-order valence-corrected chi connectivity index (χ3v) is 20.1. The summed E-state index contributed by atoms with van der Waals surface area (Å²) in [7, 11) is 0. The number of allylic oxidation sites excluding steroid dienone is 7. The zero-order valence-electron chi connectivity index (χ0n) is 44.3. The Labute approximate surface area is 414 Å². The van der Waals surface area contributed by atoms with Crippen LogP contribution in [0.3, 0.4) is 0 Å². The average molecular weight is 898 g/mol. The highest BCUT2D eigenvalue weighted by Gasteiger charge is 2.33. The molecule has 0 atom stereocenters. The Balaban J connectivity index is -0.000000414. The molecule has 0 saturated heterocycles. The van der Waals surface area contributed by atoms with Gasteiger partial charge in [-0.25, -0.2) is 0 Å². The van der Waals surface area contributed by atoms with Crippen LogP contribution in [0, 0.1) is 94.7 Å². The van der Waals surface area contributed by atoms with Crippen molar-refractivity contribution in [3.05, 3.63) is 49.1 Å². The molecule has 0 aromatic carbocycles. The molecule has 0 nitrogen and oxygen atoms in total. The van der Waals surface area contributed by atoms with Crippen molar-refractivity contribution in [3.8, 4) is 0 Å². The summed E-state index contributed by atoms with van der Waals surface area (Å²) in [6.07, 6.45) is 65.4. The van der Waals surface area contributed by atoms with E-state index in [4.69, 9.17) is 0 Å². The molecule has 0 amide bonds. The third kappa shape index (κ3) is 19.2. The lowest BCUT2D eigenvalue weighted by Gasteiger charge is -2.37. The fourth-order valence-electron chi connectivity index (χ4n) is 15.4. The molecule has 0 heteroatoms. The highest BCUT2D eigenvalue weighted by Crippen LogP contribution is 2.45. The van der Waals surface area contributed by atoms with Crippen LogP contribution in [-0.4, -0.2) is 0 Å². The molecule has 0 aromatic rings. The molecule has 8 rings (SSSR count). The molecule has 8 fully saturated rings. The summed E-state index contributed by atoms with van der Waals surface area (Å²) < 4.78 is 0. The normalized spacial score (nSPS) is 41.2. The molecule has 0 heterocycles. The first kappa shape index (κ1) is 53.9. The van der Waals surface area contributed by atoms with E-state index >= 15 is 0 Å². The van der Waals surface area contributed by atoms with Gasteiger partial charge >= 0.3 is 0 Å². The van der Waals surface area contributed by atoms with Gasteiger partial charge in [-0.3, -0.25) is 0 Å². The first-order valence-electron chi connectivity index (χ1n) is 29.7. The van der Waals surface area contributed by atoms with Crippen molar-refractivity contribution in [2.45, 2.75) is 260 Å². The van der Waals surface area contributed by atoms with E-state index in [0.717, 1.165) is 94.7 Å². The smallest absolute Gasteiger partial charge is 0 e. The van der Waals surface area contributed by atoms with E-state index in [1.807, 2.05) is 0 Å². The predicted molar refractivity (Wildman–Crippen MR) is 302 cm³/mol. The molecule has 0 radical (unpaired) electrons. The molecule has 64 heavy (non-hydrogen) atoms. The minimum absolute atomic E-state index is 0. The molecule has 0 aromatic heterocycles. The van der Waals surface area contributed by atoms with Crippen LogP contribution in [0.2, 0.25) is 0 Å². The minimum atomic E-state index is 0. The van der Waals surface area contributed by atoms with Crippen LogP contribution in [0.15, 0.2) is 49.1 Å². The van der Waals surface area contributed by atoms with Crippen LogP contribution in [0.4, 0.5) is 0 Å². The van der Waals surface area contributed by atoms with E-state index < -0.39 is 0 Å². The predicted octanol–water partition coefficient (Wildman–Crippen LogP) is 22.7. The maximum Gasteiger partial charge on any atom is 0 e. The van der Waals surface area contributed by atoms with Crippen LogP contribution in [0.5, 0.6) is 0 Å². The SMILES string of the molecule is C/C=C/C1CCC(C2CCC(/C=C/C)CC2)CC1.C/C=C/C1CCC(C2CCC(C)CC2)CC1.C=CCC1CCC(C2CCC(C)CC2)CC1.CC1CCC(C2CCC(C)CC2)CC1.[HH].[HH].[HH].[HH].[HH].[HH].[HH].[HH]. The topological polar surface area (TPSA) is 0 Å². The largest absolute Gasteiger partial charge is 0.103 e. The summed E-state index contributed by atoms with van der Waals surface area (Å²) in [5, 5.41) is 0. The highest BCUT2D eigenvalue weighted by molar-refractivity contribution is 4.94. The Bertz CT molecular complexity index is 1220. The molecular weight excluding hydrogens is 769 g/mol. The molecule has 0 spiro atoms. The summed E-state index contributed by atoms with van der Waals surface area (Å²) in [4.78, 5) is 0. The molecule has 8 saturated carbocycles. The lowest BCUT2D eigenvalue weighted by molar-refractivity contribution is 0.151. The molecule has 384 valence electrons. The zero-order chi connectivity index (χ0) is 45.5. The Morgan fingerprint density at radius 2 is 0.484 bits per heavy atom. The van der Waals surface area contributed by atoms with E-state index in [-0.39, 0.29) is 11.4 Å². The van der Waals surface area contributed by atoms with Crippen molar-refractivity contribution < 1.29 is 11.4 Å². The van der Waals surface area contributed by atoms with Crippen LogP contribution < -0.4 is 0 Å².